The van der Waals surface area contributed by atoms with Crippen LogP contribution < -0.4 is 10.5 Å². The van der Waals surface area contributed by atoms with Crippen molar-refractivity contribution in [2.45, 2.75) is 24.8 Å². The summed E-state index contributed by atoms with van der Waals surface area (Å²) < 4.78 is 19.6. The number of ether oxygens (including phenoxy) is 1. The quantitative estimate of drug-likeness (QED) is 0.919. The molecule has 1 aliphatic rings. The van der Waals surface area contributed by atoms with Crippen molar-refractivity contribution in [2.75, 3.05) is 7.11 Å². The van der Waals surface area contributed by atoms with Crippen LogP contribution in [0.5, 0.6) is 5.75 Å². The first-order chi connectivity index (χ1) is 7.06. The van der Waals surface area contributed by atoms with E-state index in [1.165, 1.54) is 7.11 Å². The van der Waals surface area contributed by atoms with Gasteiger partial charge >= 0.3 is 0 Å². The third kappa shape index (κ3) is 2.16. The maximum atomic E-state index is 13.9. The summed E-state index contributed by atoms with van der Waals surface area (Å²) >= 11 is 3.34. The fraction of sp³-hybridized carbons (Fsp3) is 0.455. The van der Waals surface area contributed by atoms with E-state index in [0.29, 0.717) is 12.0 Å². The highest BCUT2D eigenvalue weighted by molar-refractivity contribution is 9.10. The lowest BCUT2D eigenvalue weighted by molar-refractivity contribution is 0.383. The second-order valence-corrected chi connectivity index (χ2v) is 4.94. The minimum atomic E-state index is -0.302. The van der Waals surface area contributed by atoms with Gasteiger partial charge in [0.15, 0.2) is 11.6 Å². The zero-order valence-electron chi connectivity index (χ0n) is 8.52. The minimum absolute atomic E-state index is 0.199. The molecule has 15 heavy (non-hydrogen) atoms. The average Bonchev–Trinajstić information content (AvgIpc) is 2.92. The van der Waals surface area contributed by atoms with Crippen LogP contribution in [0.1, 0.15) is 18.4 Å². The predicted octanol–water partition coefficient (Wildman–Crippen LogP) is 2.63. The van der Waals surface area contributed by atoms with Crippen molar-refractivity contribution in [2.24, 2.45) is 5.73 Å². The molecule has 4 heteroatoms. The van der Waals surface area contributed by atoms with Crippen LogP contribution >= 0.6 is 15.9 Å². The Morgan fingerprint density at radius 1 is 1.53 bits per heavy atom. The highest BCUT2D eigenvalue weighted by Crippen LogP contribution is 2.39. The number of benzene rings is 1. The summed E-state index contributed by atoms with van der Waals surface area (Å²) in [5.74, 6) is -0.0268. The predicted molar refractivity (Wildman–Crippen MR) is 60.5 cm³/mol. The van der Waals surface area contributed by atoms with Crippen LogP contribution in [0.3, 0.4) is 0 Å². The van der Waals surface area contributed by atoms with Crippen molar-refractivity contribution in [1.82, 2.24) is 0 Å². The van der Waals surface area contributed by atoms with E-state index < -0.39 is 0 Å². The van der Waals surface area contributed by atoms with Crippen molar-refractivity contribution in [3.05, 3.63) is 28.0 Å². The Morgan fingerprint density at radius 3 is 2.73 bits per heavy atom. The largest absolute Gasteiger partial charge is 0.494 e. The molecule has 0 radical (unpaired) electrons. The van der Waals surface area contributed by atoms with E-state index in [4.69, 9.17) is 10.5 Å². The van der Waals surface area contributed by atoms with Gasteiger partial charge in [-0.3, -0.25) is 0 Å². The van der Waals surface area contributed by atoms with Gasteiger partial charge in [0.05, 0.1) is 7.11 Å². The first-order valence-corrected chi connectivity index (χ1v) is 5.65. The second kappa shape index (κ2) is 3.76. The van der Waals surface area contributed by atoms with Gasteiger partial charge in [-0.1, -0.05) is 15.9 Å². The minimum Gasteiger partial charge on any atom is -0.494 e. The van der Waals surface area contributed by atoms with Crippen molar-refractivity contribution in [3.8, 4) is 5.75 Å². The van der Waals surface area contributed by atoms with Crippen LogP contribution in [0.25, 0.3) is 0 Å². The standard InChI is InChI=1S/C11H13BrFNO/c1-15-9-3-2-8(12)7(10(9)13)6-11(14)4-5-11/h2-3H,4-6,14H2,1H3. The van der Waals surface area contributed by atoms with Crippen molar-refractivity contribution >= 4 is 15.9 Å². The monoisotopic (exact) mass is 273 g/mol. The van der Waals surface area contributed by atoms with Crippen LogP contribution in [0.4, 0.5) is 4.39 Å². The van der Waals surface area contributed by atoms with E-state index in [1.807, 2.05) is 0 Å². The number of halogens is 2. The van der Waals surface area contributed by atoms with Crippen LogP contribution in [0.2, 0.25) is 0 Å². The van der Waals surface area contributed by atoms with Gasteiger partial charge < -0.3 is 10.5 Å². The molecule has 1 aromatic rings. The molecule has 2 N–H and O–H groups in total. The molecule has 0 aliphatic heterocycles. The molecule has 1 aromatic carbocycles. The number of hydrogen-bond acceptors (Lipinski definition) is 2. The van der Waals surface area contributed by atoms with Gasteiger partial charge in [0.25, 0.3) is 0 Å². The average molecular weight is 274 g/mol. The Labute approximate surface area is 96.7 Å². The van der Waals surface area contributed by atoms with E-state index in [-0.39, 0.29) is 17.1 Å². The molecule has 0 spiro atoms. The van der Waals surface area contributed by atoms with Gasteiger partial charge in [-0.05, 0) is 31.4 Å². The van der Waals surface area contributed by atoms with Crippen LogP contribution in [-0.4, -0.2) is 12.6 Å². The normalized spacial score (nSPS) is 17.6. The molecule has 82 valence electrons. The number of methoxy groups -OCH3 is 1. The smallest absolute Gasteiger partial charge is 0.169 e. The first-order valence-electron chi connectivity index (χ1n) is 4.85. The molecule has 0 atom stereocenters. The van der Waals surface area contributed by atoms with Crippen LogP contribution in [-0.2, 0) is 6.42 Å². The summed E-state index contributed by atoms with van der Waals surface area (Å²) in [6, 6.07) is 3.40. The zero-order chi connectivity index (χ0) is 11.1. The number of rotatable bonds is 3. The molecule has 2 nitrogen and oxygen atoms in total. The zero-order valence-corrected chi connectivity index (χ0v) is 10.1. The molecule has 1 fully saturated rings. The number of nitrogens with two attached hydrogens (primary N) is 1. The highest BCUT2D eigenvalue weighted by atomic mass is 79.9. The van der Waals surface area contributed by atoms with E-state index in [1.54, 1.807) is 12.1 Å². The topological polar surface area (TPSA) is 35.2 Å². The molecule has 0 heterocycles. The summed E-state index contributed by atoms with van der Waals surface area (Å²) in [6.07, 6.45) is 2.50. The molecular weight excluding hydrogens is 261 g/mol. The summed E-state index contributed by atoms with van der Waals surface area (Å²) in [7, 11) is 1.46. The lowest BCUT2D eigenvalue weighted by Crippen LogP contribution is -2.25. The number of hydrogen-bond donors (Lipinski definition) is 1. The van der Waals surface area contributed by atoms with Crippen LogP contribution in [0.15, 0.2) is 16.6 Å². The van der Waals surface area contributed by atoms with E-state index >= 15 is 0 Å². The second-order valence-electron chi connectivity index (χ2n) is 4.08. The Kier molecular flexibility index (Phi) is 2.73. The third-order valence-electron chi connectivity index (χ3n) is 2.79. The van der Waals surface area contributed by atoms with Crippen LogP contribution in [0, 0.1) is 5.82 Å². The Morgan fingerprint density at radius 2 is 2.20 bits per heavy atom. The maximum absolute atomic E-state index is 13.9. The third-order valence-corrected chi connectivity index (χ3v) is 3.53. The summed E-state index contributed by atoms with van der Waals surface area (Å²) in [5.41, 5.74) is 6.40. The summed E-state index contributed by atoms with van der Waals surface area (Å²) in [5, 5.41) is 0. The van der Waals surface area contributed by atoms with Crippen molar-refractivity contribution in [3.63, 3.8) is 0 Å². The highest BCUT2D eigenvalue weighted by Gasteiger charge is 2.39. The van der Waals surface area contributed by atoms with Gasteiger partial charge in [0, 0.05) is 15.6 Å². The molecule has 1 aliphatic carbocycles. The Bertz CT molecular complexity index is 390. The molecule has 0 aromatic heterocycles. The fourth-order valence-electron chi connectivity index (χ4n) is 1.59. The van der Waals surface area contributed by atoms with Gasteiger partial charge in [-0.15, -0.1) is 0 Å². The lowest BCUT2D eigenvalue weighted by atomic mass is 10.0. The Balaban J connectivity index is 2.35. The first kappa shape index (κ1) is 10.9. The fourth-order valence-corrected chi connectivity index (χ4v) is 2.03. The van der Waals surface area contributed by atoms with Gasteiger partial charge in [-0.25, -0.2) is 4.39 Å². The molecule has 0 amide bonds. The van der Waals surface area contributed by atoms with Gasteiger partial charge in [0.1, 0.15) is 0 Å². The Hall–Kier alpha value is -0.610. The molecule has 0 saturated heterocycles. The van der Waals surface area contributed by atoms with Gasteiger partial charge in [0.2, 0.25) is 0 Å². The van der Waals surface area contributed by atoms with E-state index in [0.717, 1.165) is 17.3 Å². The SMILES string of the molecule is COc1ccc(Br)c(CC2(N)CC2)c1F. The van der Waals surface area contributed by atoms with E-state index in [2.05, 4.69) is 15.9 Å². The summed E-state index contributed by atoms with van der Waals surface area (Å²) in [4.78, 5) is 0. The molecular formula is C11H13BrFNO. The molecule has 2 rings (SSSR count). The van der Waals surface area contributed by atoms with Gasteiger partial charge in [-0.2, -0.15) is 0 Å². The summed E-state index contributed by atoms with van der Waals surface area (Å²) in [6.45, 7) is 0. The maximum Gasteiger partial charge on any atom is 0.169 e. The molecule has 0 unspecified atom stereocenters. The van der Waals surface area contributed by atoms with Crippen molar-refractivity contribution in [1.29, 1.82) is 0 Å². The molecule has 1 saturated carbocycles. The van der Waals surface area contributed by atoms with Crippen molar-refractivity contribution < 1.29 is 9.13 Å². The molecule has 0 bridgehead atoms. The van der Waals surface area contributed by atoms with E-state index in [9.17, 15) is 4.39 Å². The lowest BCUT2D eigenvalue weighted by Gasteiger charge is -2.13.